The third kappa shape index (κ3) is 78.0. The number of carbonyl (C=O) groups excluding carboxylic acids is 4. The normalized spacial score (nSPS) is 14.8. The molecule has 610 valence electrons. The summed E-state index contributed by atoms with van der Waals surface area (Å²) in [7, 11) is -10.0. The molecule has 0 saturated carbocycles. The van der Waals surface area contributed by atoms with Gasteiger partial charge in [-0.1, -0.05) is 286 Å². The van der Waals surface area contributed by atoms with Gasteiger partial charge < -0.3 is 33.8 Å². The van der Waals surface area contributed by atoms with Crippen LogP contribution in [0.3, 0.4) is 0 Å². The number of carbonyl (C=O) groups is 4. The van der Waals surface area contributed by atoms with Gasteiger partial charge in [0.1, 0.15) is 19.3 Å². The summed E-state index contributed by atoms with van der Waals surface area (Å²) >= 11 is 0. The molecule has 0 aliphatic carbocycles. The Bertz CT molecular complexity index is 2810. The molecule has 0 fully saturated rings. The van der Waals surface area contributed by atoms with Gasteiger partial charge in [-0.15, -0.1) is 0 Å². The molecular formula is C89H142O17P2. The second-order valence-corrected chi connectivity index (χ2v) is 29.1. The predicted octanol–water partition coefficient (Wildman–Crippen LogP) is 24.1. The summed E-state index contributed by atoms with van der Waals surface area (Å²) in [6.45, 7) is 4.26. The quantitative estimate of drug-likeness (QED) is 0.0169. The molecule has 0 aliphatic rings. The molecule has 0 aliphatic heterocycles. The molecule has 0 aromatic rings. The van der Waals surface area contributed by atoms with E-state index < -0.39 is 97.5 Å². The lowest BCUT2D eigenvalue weighted by atomic mass is 10.1. The molecule has 3 N–H and O–H groups in total. The van der Waals surface area contributed by atoms with Crippen LogP contribution in [0.5, 0.6) is 0 Å². The van der Waals surface area contributed by atoms with Crippen molar-refractivity contribution in [1.82, 2.24) is 0 Å². The van der Waals surface area contributed by atoms with E-state index in [9.17, 15) is 43.2 Å². The maximum Gasteiger partial charge on any atom is 0.472 e. The van der Waals surface area contributed by atoms with E-state index >= 15 is 0 Å². The standard InChI is InChI=1S/C89H142O17P2/c1-5-9-13-17-21-25-29-33-37-40-41-44-47-50-54-58-62-66-70-74-87(92)100-80-85(106-89(94)76-72-68-64-60-56-52-48-43-39-35-31-27-23-19-15-11-7-3)82-104-108(97,98)102-78-83(90)77-101-107(95,96)103-81-84(105-88(93)75-71-67-63-59-55-51-45-36-32-28-24-20-16-12-8-4)79-99-86(91)73-69-65-61-57-53-49-46-42-38-34-30-26-22-18-14-10-6-2/h9-16,21-28,33-39,41,44-45,48,50,52,54,62,66,83-85,90H,5-8,17-20,29-32,40,42-43,46-47,49,51,53,55-61,63-65,67-82H2,1-4H3,(H,95,96)(H,97,98)/b13-9-,14-10-,15-11-,16-12-,25-21-,26-22-,27-23-,28-24-,37-33-,38-34-,39-35-,44-41-,45-36-,52-48-,54-50-,66-62-. The van der Waals surface area contributed by atoms with Crippen molar-refractivity contribution in [3.8, 4) is 0 Å². The minimum atomic E-state index is -5.01. The van der Waals surface area contributed by atoms with Crippen molar-refractivity contribution >= 4 is 39.5 Å². The van der Waals surface area contributed by atoms with E-state index in [1.54, 1.807) is 0 Å². The van der Waals surface area contributed by atoms with E-state index in [0.717, 1.165) is 199 Å². The fraction of sp³-hybridized carbons (Fsp3) is 0.596. The van der Waals surface area contributed by atoms with Crippen molar-refractivity contribution in [1.29, 1.82) is 0 Å². The molecule has 0 radical (unpaired) electrons. The van der Waals surface area contributed by atoms with Gasteiger partial charge in [-0.3, -0.25) is 37.3 Å². The summed E-state index contributed by atoms with van der Waals surface area (Å²) < 4.78 is 68.6. The van der Waals surface area contributed by atoms with Crippen LogP contribution in [-0.4, -0.2) is 96.7 Å². The van der Waals surface area contributed by atoms with Crippen molar-refractivity contribution < 1.29 is 80.2 Å². The number of unbranched alkanes of at least 4 members (excludes halogenated alkanes) is 16. The Kier molecular flexibility index (Phi) is 74.5. The van der Waals surface area contributed by atoms with Gasteiger partial charge >= 0.3 is 39.5 Å². The first-order valence-electron chi connectivity index (χ1n) is 40.7. The molecule has 19 heteroatoms. The van der Waals surface area contributed by atoms with Crippen LogP contribution in [0, 0.1) is 0 Å². The van der Waals surface area contributed by atoms with Gasteiger partial charge in [0.2, 0.25) is 0 Å². The SMILES string of the molecule is CC/C=C\C/C=C\C/C=C\C/C=C\C/C=C\C/C=C\CCC(=O)OCC(COP(=O)(O)OCC(O)COP(=O)(O)OCC(COC(=O)CCCCCCCCC/C=C\C/C=C\C/C=C\CC)OC(=O)CCCCCCC/C=C\C/C=C\C/C=C\CC)OC(=O)CCCCCC/C=C\C/C=C\C/C=C\C/C=C\CC. The van der Waals surface area contributed by atoms with Crippen molar-refractivity contribution in [2.75, 3.05) is 39.6 Å². The lowest BCUT2D eigenvalue weighted by Gasteiger charge is -2.21. The molecular weight excluding hydrogens is 1400 g/mol. The molecule has 17 nitrogen and oxygen atoms in total. The van der Waals surface area contributed by atoms with Gasteiger partial charge in [0, 0.05) is 25.7 Å². The number of ether oxygens (including phenoxy) is 4. The van der Waals surface area contributed by atoms with E-state index in [0.29, 0.717) is 32.1 Å². The second kappa shape index (κ2) is 79.0. The van der Waals surface area contributed by atoms with Crippen LogP contribution in [0.2, 0.25) is 0 Å². The van der Waals surface area contributed by atoms with Crippen LogP contribution in [0.4, 0.5) is 0 Å². The van der Waals surface area contributed by atoms with Gasteiger partial charge in [0.25, 0.3) is 0 Å². The van der Waals surface area contributed by atoms with Crippen LogP contribution in [0.25, 0.3) is 0 Å². The maximum absolute atomic E-state index is 13.1. The summed E-state index contributed by atoms with van der Waals surface area (Å²) in [5.74, 6) is -2.35. The first-order valence-corrected chi connectivity index (χ1v) is 43.7. The smallest absolute Gasteiger partial charge is 0.462 e. The summed E-state index contributed by atoms with van der Waals surface area (Å²) in [6.07, 6.45) is 97.0. The van der Waals surface area contributed by atoms with Gasteiger partial charge in [-0.2, -0.15) is 0 Å². The molecule has 0 amide bonds. The van der Waals surface area contributed by atoms with Crippen LogP contribution >= 0.6 is 15.6 Å². The van der Waals surface area contributed by atoms with Gasteiger partial charge in [-0.25, -0.2) is 9.13 Å². The third-order valence-electron chi connectivity index (χ3n) is 16.1. The van der Waals surface area contributed by atoms with E-state index in [1.165, 1.54) is 0 Å². The Hall–Kier alpha value is -6.10. The zero-order chi connectivity index (χ0) is 78.9. The lowest BCUT2D eigenvalue weighted by Crippen LogP contribution is -2.30. The molecule has 0 bridgehead atoms. The number of rotatable bonds is 74. The monoisotopic (exact) mass is 1540 g/mol. The topological polar surface area (TPSA) is 237 Å². The third-order valence-corrected chi connectivity index (χ3v) is 18.0. The predicted molar refractivity (Wildman–Crippen MR) is 445 cm³/mol. The molecule has 0 saturated heterocycles. The van der Waals surface area contributed by atoms with E-state index in [2.05, 4.69) is 204 Å². The molecule has 0 aromatic carbocycles. The molecule has 0 aromatic heterocycles. The lowest BCUT2D eigenvalue weighted by molar-refractivity contribution is -0.161. The number of hydrogen-bond donors (Lipinski definition) is 3. The van der Waals surface area contributed by atoms with Crippen molar-refractivity contribution in [3.63, 3.8) is 0 Å². The number of allylic oxidation sites excluding steroid dienone is 32. The molecule has 108 heavy (non-hydrogen) atoms. The first-order chi connectivity index (χ1) is 52.7. The van der Waals surface area contributed by atoms with Crippen molar-refractivity contribution in [2.45, 2.75) is 303 Å². The van der Waals surface area contributed by atoms with Crippen LogP contribution in [0.1, 0.15) is 285 Å². The summed E-state index contributed by atoms with van der Waals surface area (Å²) in [4.78, 5) is 73.1. The Labute approximate surface area is 653 Å². The summed E-state index contributed by atoms with van der Waals surface area (Å²) in [5.41, 5.74) is 0. The zero-order valence-electron chi connectivity index (χ0n) is 66.7. The number of aliphatic hydroxyl groups is 1. The van der Waals surface area contributed by atoms with Crippen molar-refractivity contribution in [2.24, 2.45) is 0 Å². The van der Waals surface area contributed by atoms with Crippen molar-refractivity contribution in [3.05, 3.63) is 194 Å². The Balaban J connectivity index is 5.50. The minimum absolute atomic E-state index is 0.0225. The molecule has 0 heterocycles. The highest BCUT2D eigenvalue weighted by atomic mass is 31.2. The Morgan fingerprint density at radius 3 is 0.750 bits per heavy atom. The fourth-order valence-corrected chi connectivity index (χ4v) is 11.6. The number of phosphoric ester groups is 2. The minimum Gasteiger partial charge on any atom is -0.462 e. The van der Waals surface area contributed by atoms with Crippen LogP contribution in [-0.2, 0) is 65.4 Å². The Morgan fingerprint density at radius 1 is 0.259 bits per heavy atom. The first kappa shape index (κ1) is 102. The fourth-order valence-electron chi connectivity index (χ4n) is 10.0. The zero-order valence-corrected chi connectivity index (χ0v) is 68.5. The molecule has 5 atom stereocenters. The average molecular weight is 1550 g/mol. The van der Waals surface area contributed by atoms with Crippen LogP contribution in [0.15, 0.2) is 194 Å². The second-order valence-electron chi connectivity index (χ2n) is 26.2. The summed E-state index contributed by atoms with van der Waals surface area (Å²) in [5, 5.41) is 10.7. The van der Waals surface area contributed by atoms with E-state index in [-0.39, 0.29) is 25.7 Å². The largest absolute Gasteiger partial charge is 0.472 e. The molecule has 0 spiro atoms. The van der Waals surface area contributed by atoms with E-state index in [4.69, 9.17) is 37.0 Å². The molecule has 0 rings (SSSR count). The highest BCUT2D eigenvalue weighted by molar-refractivity contribution is 7.47. The van der Waals surface area contributed by atoms with Gasteiger partial charge in [0.15, 0.2) is 12.2 Å². The number of esters is 4. The number of aliphatic hydroxyl groups excluding tert-OH is 1. The van der Waals surface area contributed by atoms with Crippen LogP contribution < -0.4 is 0 Å². The average Bonchev–Trinajstić information content (AvgIpc) is 0.906. The number of phosphoric acid groups is 2. The maximum atomic E-state index is 13.1. The van der Waals surface area contributed by atoms with E-state index in [1.807, 2.05) is 18.2 Å². The Morgan fingerprint density at radius 2 is 0.472 bits per heavy atom. The summed E-state index contributed by atoms with van der Waals surface area (Å²) in [6, 6.07) is 0. The van der Waals surface area contributed by atoms with Gasteiger partial charge in [-0.05, 0) is 167 Å². The number of hydrogen-bond acceptors (Lipinski definition) is 15. The highest BCUT2D eigenvalue weighted by Crippen LogP contribution is 2.45. The molecule has 5 unspecified atom stereocenters. The van der Waals surface area contributed by atoms with Gasteiger partial charge in [0.05, 0.1) is 26.4 Å². The highest BCUT2D eigenvalue weighted by Gasteiger charge is 2.30.